The van der Waals surface area contributed by atoms with E-state index in [1.165, 1.54) is 16.9 Å². The van der Waals surface area contributed by atoms with Crippen LogP contribution in [0, 0.1) is 0 Å². The Bertz CT molecular complexity index is 485. The van der Waals surface area contributed by atoms with Gasteiger partial charge in [0, 0.05) is 5.69 Å². The average Bonchev–Trinajstić information content (AvgIpc) is 2.18. The predicted molar refractivity (Wildman–Crippen MR) is 57.5 cm³/mol. The molecule has 4 nitrogen and oxygen atoms in total. The van der Waals surface area contributed by atoms with E-state index in [9.17, 15) is 21.6 Å². The molecule has 0 unspecified atom stereocenters. The topological polar surface area (TPSA) is 72.2 Å². The first kappa shape index (κ1) is 13.8. The van der Waals surface area contributed by atoms with Gasteiger partial charge in [0.05, 0.1) is 5.75 Å². The quantitative estimate of drug-likeness (QED) is 0.807. The van der Waals surface area contributed by atoms with E-state index in [1.807, 2.05) is 0 Å². The van der Waals surface area contributed by atoms with Crippen LogP contribution in [0.3, 0.4) is 0 Å². The molecular weight excluding hydrogens is 257 g/mol. The number of hydrogen-bond donors (Lipinski definition) is 2. The fourth-order valence-electron chi connectivity index (χ4n) is 1.11. The van der Waals surface area contributed by atoms with Gasteiger partial charge in [-0.05, 0) is 11.6 Å². The van der Waals surface area contributed by atoms with Gasteiger partial charge in [-0.15, -0.1) is 0 Å². The molecule has 0 aliphatic carbocycles. The van der Waals surface area contributed by atoms with E-state index in [4.69, 9.17) is 5.73 Å². The van der Waals surface area contributed by atoms with Crippen molar-refractivity contribution in [3.63, 3.8) is 0 Å². The Kier molecular flexibility index (Phi) is 3.99. The molecule has 96 valence electrons. The van der Waals surface area contributed by atoms with E-state index in [0.717, 1.165) is 0 Å². The first-order valence-corrected chi connectivity index (χ1v) is 6.22. The van der Waals surface area contributed by atoms with Crippen molar-refractivity contribution < 1.29 is 21.6 Å². The molecule has 8 heteroatoms. The Labute approximate surface area is 96.7 Å². The number of benzene rings is 1. The number of nitrogens with two attached hydrogens (primary N) is 1. The molecule has 0 atom stereocenters. The Morgan fingerprint density at radius 3 is 2.35 bits per heavy atom. The van der Waals surface area contributed by atoms with E-state index in [-0.39, 0.29) is 11.3 Å². The van der Waals surface area contributed by atoms with Crippen LogP contribution < -0.4 is 10.5 Å². The first-order chi connectivity index (χ1) is 7.70. The number of halogens is 3. The number of para-hydroxylation sites is 1. The van der Waals surface area contributed by atoms with Crippen LogP contribution in [-0.4, -0.2) is 21.1 Å². The molecule has 0 amide bonds. The van der Waals surface area contributed by atoms with Gasteiger partial charge in [0.25, 0.3) is 0 Å². The number of alkyl halides is 3. The standard InChI is InChI=1S/C9H11F3N2O2S/c10-9(11,12)6-14-17(15,16)5-7-3-1-2-4-8(7)13/h1-4,14H,5-6,13H2. The van der Waals surface area contributed by atoms with Crippen LogP contribution in [0.15, 0.2) is 24.3 Å². The predicted octanol–water partition coefficient (Wildman–Crippen LogP) is 1.25. The molecule has 1 aromatic rings. The third-order valence-electron chi connectivity index (χ3n) is 1.89. The normalized spacial score (nSPS) is 12.6. The van der Waals surface area contributed by atoms with Gasteiger partial charge in [-0.25, -0.2) is 13.1 Å². The molecule has 0 fully saturated rings. The number of nitrogens with one attached hydrogen (secondary N) is 1. The highest BCUT2D eigenvalue weighted by molar-refractivity contribution is 7.88. The highest BCUT2D eigenvalue weighted by Gasteiger charge is 2.29. The molecular formula is C9H11F3N2O2S. The minimum Gasteiger partial charge on any atom is -0.398 e. The Morgan fingerprint density at radius 2 is 1.82 bits per heavy atom. The summed E-state index contributed by atoms with van der Waals surface area (Å²) >= 11 is 0. The van der Waals surface area contributed by atoms with Gasteiger partial charge in [-0.2, -0.15) is 13.2 Å². The molecule has 0 radical (unpaired) electrons. The van der Waals surface area contributed by atoms with Gasteiger partial charge in [-0.1, -0.05) is 18.2 Å². The lowest BCUT2D eigenvalue weighted by molar-refractivity contribution is -0.121. The van der Waals surface area contributed by atoms with Gasteiger partial charge >= 0.3 is 6.18 Å². The lowest BCUT2D eigenvalue weighted by Gasteiger charge is -2.10. The number of hydrogen-bond acceptors (Lipinski definition) is 3. The van der Waals surface area contributed by atoms with Crippen molar-refractivity contribution in [2.24, 2.45) is 0 Å². The van der Waals surface area contributed by atoms with Crippen LogP contribution in [0.1, 0.15) is 5.56 Å². The number of sulfonamides is 1. The van der Waals surface area contributed by atoms with Crippen LogP contribution in [0.5, 0.6) is 0 Å². The van der Waals surface area contributed by atoms with Crippen LogP contribution in [0.2, 0.25) is 0 Å². The SMILES string of the molecule is Nc1ccccc1CS(=O)(=O)NCC(F)(F)F. The van der Waals surface area contributed by atoms with Crippen LogP contribution in [0.4, 0.5) is 18.9 Å². The van der Waals surface area contributed by atoms with Crippen LogP contribution >= 0.6 is 0 Å². The average molecular weight is 268 g/mol. The smallest absolute Gasteiger partial charge is 0.398 e. The summed E-state index contributed by atoms with van der Waals surface area (Å²) in [6.07, 6.45) is -4.57. The van der Waals surface area contributed by atoms with Crippen molar-refractivity contribution in [3.05, 3.63) is 29.8 Å². The van der Waals surface area contributed by atoms with Crippen molar-refractivity contribution in [3.8, 4) is 0 Å². The van der Waals surface area contributed by atoms with E-state index in [1.54, 1.807) is 12.1 Å². The summed E-state index contributed by atoms with van der Waals surface area (Å²) in [5, 5.41) is 0. The van der Waals surface area contributed by atoms with Crippen LogP contribution in [0.25, 0.3) is 0 Å². The molecule has 0 saturated heterocycles. The maximum atomic E-state index is 11.9. The van der Waals surface area contributed by atoms with Gasteiger partial charge in [0.15, 0.2) is 0 Å². The largest absolute Gasteiger partial charge is 0.402 e. The Hall–Kier alpha value is -1.28. The molecule has 0 aromatic heterocycles. The first-order valence-electron chi connectivity index (χ1n) is 4.57. The summed E-state index contributed by atoms with van der Waals surface area (Å²) in [5.74, 6) is -0.574. The number of anilines is 1. The summed E-state index contributed by atoms with van der Waals surface area (Å²) in [6, 6.07) is 6.09. The number of nitrogen functional groups attached to an aromatic ring is 1. The Balaban J connectivity index is 2.71. The zero-order valence-corrected chi connectivity index (χ0v) is 9.48. The summed E-state index contributed by atoms with van der Waals surface area (Å²) < 4.78 is 59.7. The maximum absolute atomic E-state index is 11.9. The highest BCUT2D eigenvalue weighted by Crippen LogP contribution is 2.16. The second-order valence-electron chi connectivity index (χ2n) is 3.39. The second-order valence-corrected chi connectivity index (χ2v) is 5.20. The number of rotatable bonds is 4. The van der Waals surface area contributed by atoms with Crippen molar-refractivity contribution in [1.29, 1.82) is 0 Å². The molecule has 1 rings (SSSR count). The van der Waals surface area contributed by atoms with Gasteiger partial charge in [-0.3, -0.25) is 0 Å². The molecule has 3 N–H and O–H groups in total. The Morgan fingerprint density at radius 1 is 1.24 bits per heavy atom. The highest BCUT2D eigenvalue weighted by atomic mass is 32.2. The van der Waals surface area contributed by atoms with E-state index >= 15 is 0 Å². The summed E-state index contributed by atoms with van der Waals surface area (Å²) in [7, 11) is -4.04. The van der Waals surface area contributed by atoms with E-state index in [0.29, 0.717) is 0 Å². The van der Waals surface area contributed by atoms with Crippen molar-refractivity contribution in [2.75, 3.05) is 12.3 Å². The fourth-order valence-corrected chi connectivity index (χ4v) is 2.27. The molecule has 0 aliphatic heterocycles. The molecule has 0 aliphatic rings. The zero-order valence-electron chi connectivity index (χ0n) is 8.66. The van der Waals surface area contributed by atoms with Gasteiger partial charge in [0.2, 0.25) is 10.0 Å². The third kappa shape index (κ3) is 5.05. The molecule has 0 heterocycles. The molecule has 0 spiro atoms. The van der Waals surface area contributed by atoms with Crippen molar-refractivity contribution in [1.82, 2.24) is 4.72 Å². The maximum Gasteiger partial charge on any atom is 0.402 e. The van der Waals surface area contributed by atoms with Gasteiger partial charge in [0.1, 0.15) is 6.54 Å². The molecule has 0 saturated carbocycles. The van der Waals surface area contributed by atoms with E-state index in [2.05, 4.69) is 0 Å². The summed E-state index contributed by atoms with van der Waals surface area (Å²) in [6.45, 7) is -1.58. The van der Waals surface area contributed by atoms with Crippen molar-refractivity contribution >= 4 is 15.7 Å². The fraction of sp³-hybridized carbons (Fsp3) is 0.333. The lowest BCUT2D eigenvalue weighted by atomic mass is 10.2. The minimum absolute atomic E-state index is 0.227. The molecule has 17 heavy (non-hydrogen) atoms. The molecule has 1 aromatic carbocycles. The lowest BCUT2D eigenvalue weighted by Crippen LogP contribution is -2.34. The van der Waals surface area contributed by atoms with E-state index < -0.39 is 28.5 Å². The second kappa shape index (κ2) is 4.92. The summed E-state index contributed by atoms with van der Waals surface area (Å²) in [4.78, 5) is 0. The third-order valence-corrected chi connectivity index (χ3v) is 3.17. The van der Waals surface area contributed by atoms with Crippen molar-refractivity contribution in [2.45, 2.75) is 11.9 Å². The zero-order chi connectivity index (χ0) is 13.1. The summed E-state index contributed by atoms with van der Waals surface area (Å²) in [5.41, 5.74) is 5.99. The van der Waals surface area contributed by atoms with Gasteiger partial charge < -0.3 is 5.73 Å². The van der Waals surface area contributed by atoms with Crippen LogP contribution in [-0.2, 0) is 15.8 Å². The molecule has 0 bridgehead atoms. The minimum atomic E-state index is -4.57. The monoisotopic (exact) mass is 268 g/mol.